The Bertz CT molecular complexity index is 569. The van der Waals surface area contributed by atoms with Crippen LogP contribution in [-0.4, -0.2) is 67.1 Å². The molecule has 1 aliphatic carbocycles. The third kappa shape index (κ3) is 3.79. The highest BCUT2D eigenvalue weighted by molar-refractivity contribution is 5.77. The van der Waals surface area contributed by atoms with Crippen molar-refractivity contribution in [2.24, 2.45) is 5.92 Å². The first-order valence-electron chi connectivity index (χ1n) is 8.97. The number of nitrogens with zero attached hydrogens (tertiary/aromatic N) is 2. The maximum absolute atomic E-state index is 11.5. The van der Waals surface area contributed by atoms with Gasteiger partial charge in [0.15, 0.2) is 0 Å². The molecule has 0 aromatic heterocycles. The Kier molecular flexibility index (Phi) is 5.54. The predicted octanol–water partition coefficient (Wildman–Crippen LogP) is 1.03. The van der Waals surface area contributed by atoms with E-state index < -0.39 is 0 Å². The minimum absolute atomic E-state index is 0.0948. The van der Waals surface area contributed by atoms with Gasteiger partial charge in [0, 0.05) is 19.6 Å². The lowest BCUT2D eigenvalue weighted by Gasteiger charge is -2.35. The molecule has 0 unspecified atom stereocenters. The summed E-state index contributed by atoms with van der Waals surface area (Å²) in [5.41, 5.74) is 2.37. The van der Waals surface area contributed by atoms with Crippen molar-refractivity contribution in [1.29, 1.82) is 0 Å². The van der Waals surface area contributed by atoms with E-state index >= 15 is 0 Å². The Morgan fingerprint density at radius 3 is 2.71 bits per heavy atom. The van der Waals surface area contributed by atoms with Crippen LogP contribution in [0.3, 0.4) is 0 Å². The monoisotopic (exact) mass is 331 g/mol. The number of aliphatic hydroxyl groups is 1. The molecule has 2 aliphatic rings. The molecule has 1 fully saturated rings. The zero-order valence-electron chi connectivity index (χ0n) is 14.7. The summed E-state index contributed by atoms with van der Waals surface area (Å²) in [6.45, 7) is 3.50. The van der Waals surface area contributed by atoms with E-state index in [0.717, 1.165) is 44.5 Å². The minimum atomic E-state index is -0.375. The molecule has 0 bridgehead atoms. The van der Waals surface area contributed by atoms with Crippen molar-refractivity contribution in [2.75, 3.05) is 40.3 Å². The summed E-state index contributed by atoms with van der Waals surface area (Å²) < 4.78 is 0. The van der Waals surface area contributed by atoms with Gasteiger partial charge in [-0.1, -0.05) is 24.3 Å². The largest absolute Gasteiger partial charge is 0.387 e. The summed E-state index contributed by atoms with van der Waals surface area (Å²) in [4.78, 5) is 16.0. The molecule has 24 heavy (non-hydrogen) atoms. The average Bonchev–Trinajstić information content (AvgIpc) is 2.94. The van der Waals surface area contributed by atoms with Crippen LogP contribution < -0.4 is 5.32 Å². The van der Waals surface area contributed by atoms with Crippen LogP contribution in [0.5, 0.6) is 0 Å². The minimum Gasteiger partial charge on any atom is -0.387 e. The fourth-order valence-electron chi connectivity index (χ4n) is 4.10. The van der Waals surface area contributed by atoms with Crippen LogP contribution in [0.4, 0.5) is 0 Å². The van der Waals surface area contributed by atoms with E-state index in [1.54, 1.807) is 7.05 Å². The molecule has 1 aromatic carbocycles. The van der Waals surface area contributed by atoms with E-state index in [-0.39, 0.29) is 18.1 Å². The number of carbonyl (C=O) groups is 1. The fraction of sp³-hybridized carbons (Fsp3) is 0.632. The van der Waals surface area contributed by atoms with Crippen LogP contribution in [0.15, 0.2) is 24.3 Å². The van der Waals surface area contributed by atoms with E-state index in [0.29, 0.717) is 12.5 Å². The number of benzene rings is 1. The van der Waals surface area contributed by atoms with Gasteiger partial charge in [-0.05, 0) is 56.4 Å². The quantitative estimate of drug-likeness (QED) is 0.846. The molecule has 1 amide bonds. The Morgan fingerprint density at radius 2 is 2.04 bits per heavy atom. The Morgan fingerprint density at radius 1 is 1.33 bits per heavy atom. The summed E-state index contributed by atoms with van der Waals surface area (Å²) >= 11 is 0. The van der Waals surface area contributed by atoms with Crippen molar-refractivity contribution < 1.29 is 9.90 Å². The number of likely N-dealkylation sites (N-methyl/N-ethyl adjacent to an activating group) is 2. The molecule has 5 heteroatoms. The van der Waals surface area contributed by atoms with Crippen LogP contribution in [0.25, 0.3) is 0 Å². The highest BCUT2D eigenvalue weighted by Gasteiger charge is 2.34. The third-order valence-corrected chi connectivity index (χ3v) is 5.63. The number of piperidine rings is 1. The Labute approximate surface area is 144 Å². The van der Waals surface area contributed by atoms with Crippen LogP contribution in [0.2, 0.25) is 0 Å². The van der Waals surface area contributed by atoms with Crippen molar-refractivity contribution in [3.8, 4) is 0 Å². The maximum Gasteiger partial charge on any atom is 0.233 e. The molecule has 1 aromatic rings. The molecule has 5 nitrogen and oxygen atoms in total. The van der Waals surface area contributed by atoms with Gasteiger partial charge in [0.05, 0.1) is 12.6 Å². The second-order valence-electron chi connectivity index (χ2n) is 7.25. The zero-order valence-corrected chi connectivity index (χ0v) is 14.7. The number of rotatable bonds is 5. The molecule has 3 rings (SSSR count). The summed E-state index contributed by atoms with van der Waals surface area (Å²) in [5, 5.41) is 13.3. The van der Waals surface area contributed by atoms with E-state index in [4.69, 9.17) is 0 Å². The summed E-state index contributed by atoms with van der Waals surface area (Å²) in [6, 6.07) is 8.42. The van der Waals surface area contributed by atoms with Gasteiger partial charge < -0.3 is 10.4 Å². The van der Waals surface area contributed by atoms with Gasteiger partial charge in [0.2, 0.25) is 5.91 Å². The number of likely N-dealkylation sites (tertiary alicyclic amines) is 1. The molecule has 0 saturated carbocycles. The SMILES string of the molecule is CNC(=O)CN1CCC(CN(C)[C@@H]2Cc3ccccc3[C@@H]2O)CC1. The molecule has 132 valence electrons. The number of hydrogen-bond acceptors (Lipinski definition) is 4. The molecule has 1 saturated heterocycles. The predicted molar refractivity (Wildman–Crippen MR) is 94.8 cm³/mol. The first kappa shape index (κ1) is 17.4. The number of aliphatic hydroxyl groups excluding tert-OH is 1. The lowest BCUT2D eigenvalue weighted by atomic mass is 9.95. The number of nitrogens with one attached hydrogen (secondary N) is 1. The lowest BCUT2D eigenvalue weighted by molar-refractivity contribution is -0.122. The molecule has 0 radical (unpaired) electrons. The molecule has 1 aliphatic heterocycles. The van der Waals surface area contributed by atoms with Crippen molar-refractivity contribution in [2.45, 2.75) is 31.4 Å². The summed E-state index contributed by atoms with van der Waals surface area (Å²) in [6.07, 6.45) is 2.80. The second kappa shape index (κ2) is 7.64. The smallest absolute Gasteiger partial charge is 0.233 e. The van der Waals surface area contributed by atoms with E-state index in [9.17, 15) is 9.90 Å². The van der Waals surface area contributed by atoms with Crippen LogP contribution in [0, 0.1) is 5.92 Å². The summed E-state index contributed by atoms with van der Waals surface area (Å²) in [5.74, 6) is 0.740. The number of hydrogen-bond donors (Lipinski definition) is 2. The fourth-order valence-corrected chi connectivity index (χ4v) is 4.10. The van der Waals surface area contributed by atoms with Gasteiger partial charge >= 0.3 is 0 Å². The first-order valence-corrected chi connectivity index (χ1v) is 8.97. The van der Waals surface area contributed by atoms with Crippen molar-refractivity contribution in [1.82, 2.24) is 15.1 Å². The van der Waals surface area contributed by atoms with Crippen molar-refractivity contribution in [3.05, 3.63) is 35.4 Å². The van der Waals surface area contributed by atoms with Gasteiger partial charge in [-0.15, -0.1) is 0 Å². The highest BCUT2D eigenvalue weighted by atomic mass is 16.3. The normalized spacial score (nSPS) is 25.0. The van der Waals surface area contributed by atoms with Gasteiger partial charge in [0.1, 0.15) is 0 Å². The van der Waals surface area contributed by atoms with Crippen LogP contribution >= 0.6 is 0 Å². The molecule has 2 atom stereocenters. The van der Waals surface area contributed by atoms with Gasteiger partial charge in [0.25, 0.3) is 0 Å². The first-order chi connectivity index (χ1) is 11.6. The summed E-state index contributed by atoms with van der Waals surface area (Å²) in [7, 11) is 3.83. The number of fused-ring (bicyclic) bond motifs is 1. The topological polar surface area (TPSA) is 55.8 Å². The molecular formula is C19H29N3O2. The standard InChI is InChI=1S/C19H29N3O2/c1-20-18(23)13-22-9-7-14(8-10-22)12-21(2)17-11-15-5-3-4-6-16(15)19(17)24/h3-6,14,17,19,24H,7-13H2,1-2H3,(H,20,23)/t17-,19+/m1/s1. The lowest BCUT2D eigenvalue weighted by Crippen LogP contribution is -2.44. The molecule has 1 heterocycles. The number of amides is 1. The van der Waals surface area contributed by atoms with E-state index in [2.05, 4.69) is 34.3 Å². The van der Waals surface area contributed by atoms with Gasteiger partial charge in [-0.2, -0.15) is 0 Å². The average molecular weight is 331 g/mol. The van der Waals surface area contributed by atoms with E-state index in [1.165, 1.54) is 5.56 Å². The number of carbonyl (C=O) groups excluding carboxylic acids is 1. The van der Waals surface area contributed by atoms with Crippen LogP contribution in [-0.2, 0) is 11.2 Å². The van der Waals surface area contributed by atoms with Crippen molar-refractivity contribution in [3.63, 3.8) is 0 Å². The molecule has 0 spiro atoms. The van der Waals surface area contributed by atoms with Gasteiger partial charge in [-0.25, -0.2) is 0 Å². The molecular weight excluding hydrogens is 302 g/mol. The van der Waals surface area contributed by atoms with E-state index in [1.807, 2.05) is 12.1 Å². The Balaban J connectivity index is 1.49. The second-order valence-corrected chi connectivity index (χ2v) is 7.25. The van der Waals surface area contributed by atoms with Crippen LogP contribution in [0.1, 0.15) is 30.1 Å². The third-order valence-electron chi connectivity index (χ3n) is 5.63. The maximum atomic E-state index is 11.5. The van der Waals surface area contributed by atoms with Crippen molar-refractivity contribution >= 4 is 5.91 Å². The highest BCUT2D eigenvalue weighted by Crippen LogP contribution is 2.34. The zero-order chi connectivity index (χ0) is 17.1. The molecule has 2 N–H and O–H groups in total. The Hall–Kier alpha value is -1.43. The van der Waals surface area contributed by atoms with Gasteiger partial charge in [-0.3, -0.25) is 14.6 Å².